The van der Waals surface area contributed by atoms with Crippen molar-refractivity contribution in [2.24, 2.45) is 11.3 Å². The van der Waals surface area contributed by atoms with E-state index in [9.17, 15) is 0 Å². The van der Waals surface area contributed by atoms with Gasteiger partial charge < -0.3 is 5.32 Å². The van der Waals surface area contributed by atoms with Crippen LogP contribution in [0.5, 0.6) is 0 Å². The van der Waals surface area contributed by atoms with Crippen LogP contribution < -0.4 is 5.32 Å². The van der Waals surface area contributed by atoms with E-state index in [1.165, 1.54) is 31.2 Å². The summed E-state index contributed by atoms with van der Waals surface area (Å²) in [7, 11) is 0. The van der Waals surface area contributed by atoms with Gasteiger partial charge in [0, 0.05) is 12.6 Å². The molecule has 1 N–H and O–H groups in total. The maximum atomic E-state index is 3.95. The molecule has 5 heteroatoms. The first-order valence-electron chi connectivity index (χ1n) is 7.84. The van der Waals surface area contributed by atoms with Gasteiger partial charge in [-0.3, -0.25) is 0 Å². The molecule has 2 aliphatic carbocycles. The summed E-state index contributed by atoms with van der Waals surface area (Å²) >= 11 is 0. The molecule has 2 fully saturated rings. The van der Waals surface area contributed by atoms with E-state index < -0.39 is 0 Å². The number of nitrogens with one attached hydrogen (secondary N) is 1. The molecular formula is C16H21N5. The van der Waals surface area contributed by atoms with Crippen LogP contribution in [0.1, 0.15) is 44.2 Å². The van der Waals surface area contributed by atoms with E-state index in [2.05, 4.69) is 46.0 Å². The van der Waals surface area contributed by atoms with Crippen molar-refractivity contribution in [3.8, 4) is 5.69 Å². The lowest BCUT2D eigenvalue weighted by Gasteiger charge is -2.20. The van der Waals surface area contributed by atoms with E-state index in [4.69, 9.17) is 0 Å². The molecule has 2 aromatic rings. The highest BCUT2D eigenvalue weighted by atomic mass is 15.5. The number of nitrogens with zero attached hydrogens (tertiary/aromatic N) is 4. The molecule has 2 saturated carbocycles. The highest BCUT2D eigenvalue weighted by Crippen LogP contribution is 2.60. The predicted octanol–water partition coefficient (Wildman–Crippen LogP) is 2.50. The van der Waals surface area contributed by atoms with Gasteiger partial charge in [-0.25, -0.2) is 4.68 Å². The molecule has 0 amide bonds. The van der Waals surface area contributed by atoms with Crippen molar-refractivity contribution in [3.05, 3.63) is 36.2 Å². The maximum absolute atomic E-state index is 3.95. The average molecular weight is 283 g/mol. The lowest BCUT2D eigenvalue weighted by molar-refractivity contribution is 0.382. The predicted molar refractivity (Wildman–Crippen MR) is 80.0 cm³/mol. The summed E-state index contributed by atoms with van der Waals surface area (Å²) in [6.45, 7) is 3.40. The van der Waals surface area contributed by atoms with Crippen LogP contribution in [0.25, 0.3) is 5.69 Å². The lowest BCUT2D eigenvalue weighted by atomic mass is 9.99. The summed E-state index contributed by atoms with van der Waals surface area (Å²) in [5, 5.41) is 15.1. The largest absolute Gasteiger partial charge is 0.310 e. The van der Waals surface area contributed by atoms with E-state index in [0.29, 0.717) is 11.5 Å². The summed E-state index contributed by atoms with van der Waals surface area (Å²) in [6, 6.07) is 8.78. The zero-order valence-electron chi connectivity index (χ0n) is 12.4. The zero-order valence-corrected chi connectivity index (χ0v) is 12.4. The molecule has 1 aromatic heterocycles. The maximum Gasteiger partial charge on any atom is 0.143 e. The van der Waals surface area contributed by atoms with E-state index in [-0.39, 0.29) is 0 Å². The lowest BCUT2D eigenvalue weighted by Crippen LogP contribution is -2.28. The van der Waals surface area contributed by atoms with Crippen LogP contribution in [0.2, 0.25) is 0 Å². The summed E-state index contributed by atoms with van der Waals surface area (Å²) in [6.07, 6.45) is 7.36. The molecule has 2 aliphatic rings. The number of tetrazole rings is 1. The number of hydrogen-bond acceptors (Lipinski definition) is 4. The first-order valence-corrected chi connectivity index (χ1v) is 7.84. The summed E-state index contributed by atoms with van der Waals surface area (Å²) in [5.74, 6) is 1.00. The van der Waals surface area contributed by atoms with Crippen LogP contribution >= 0.6 is 0 Å². The Morgan fingerprint density at radius 2 is 2.24 bits per heavy atom. The molecule has 4 rings (SSSR count). The Balaban J connectivity index is 1.44. The SMILES string of the molecule is CC(NCC1(C2CC2)CC1)c1cccc(-n2cnnn2)c1. The van der Waals surface area contributed by atoms with Gasteiger partial charge in [-0.2, -0.15) is 0 Å². The Morgan fingerprint density at radius 1 is 1.38 bits per heavy atom. The second-order valence-corrected chi connectivity index (χ2v) is 6.59. The molecule has 0 spiro atoms. The Kier molecular flexibility index (Phi) is 3.03. The van der Waals surface area contributed by atoms with Gasteiger partial charge in [0.15, 0.2) is 0 Å². The fraction of sp³-hybridized carbons (Fsp3) is 0.562. The fourth-order valence-corrected chi connectivity index (χ4v) is 3.28. The molecule has 1 unspecified atom stereocenters. The molecule has 21 heavy (non-hydrogen) atoms. The normalized spacial score (nSPS) is 21.2. The Morgan fingerprint density at radius 3 is 2.90 bits per heavy atom. The molecule has 0 bridgehead atoms. The zero-order chi connectivity index (χ0) is 14.3. The van der Waals surface area contributed by atoms with Crippen LogP contribution in [-0.4, -0.2) is 26.8 Å². The van der Waals surface area contributed by atoms with Gasteiger partial charge in [0.2, 0.25) is 0 Å². The first kappa shape index (κ1) is 13.0. The third kappa shape index (κ3) is 2.58. The fourth-order valence-electron chi connectivity index (χ4n) is 3.28. The van der Waals surface area contributed by atoms with Crippen LogP contribution in [0.3, 0.4) is 0 Å². The molecule has 0 saturated heterocycles. The number of aromatic nitrogens is 4. The third-order valence-corrected chi connectivity index (χ3v) is 5.08. The topological polar surface area (TPSA) is 55.6 Å². The van der Waals surface area contributed by atoms with Gasteiger partial charge in [0.05, 0.1) is 5.69 Å². The summed E-state index contributed by atoms with van der Waals surface area (Å²) in [5.41, 5.74) is 2.94. The van der Waals surface area contributed by atoms with Crippen LogP contribution in [-0.2, 0) is 0 Å². The third-order valence-electron chi connectivity index (χ3n) is 5.08. The van der Waals surface area contributed by atoms with Gasteiger partial charge in [0.1, 0.15) is 6.33 Å². The van der Waals surface area contributed by atoms with Crippen molar-refractivity contribution >= 4 is 0 Å². The molecule has 0 aliphatic heterocycles. The van der Waals surface area contributed by atoms with Crippen molar-refractivity contribution in [2.45, 2.75) is 38.6 Å². The minimum atomic E-state index is 0.359. The molecular weight excluding hydrogens is 262 g/mol. The minimum absolute atomic E-state index is 0.359. The van der Waals surface area contributed by atoms with E-state index in [0.717, 1.165) is 18.2 Å². The van der Waals surface area contributed by atoms with Gasteiger partial charge in [-0.1, -0.05) is 12.1 Å². The standard InChI is InChI=1S/C16H21N5/c1-12(17-10-16(7-8-16)14-5-6-14)13-3-2-4-15(9-13)21-11-18-19-20-21/h2-4,9,11-12,14,17H,5-8,10H2,1H3. The first-order chi connectivity index (χ1) is 10.3. The van der Waals surface area contributed by atoms with E-state index in [1.807, 2.05) is 6.07 Å². The monoisotopic (exact) mass is 283 g/mol. The molecule has 5 nitrogen and oxygen atoms in total. The van der Waals surface area contributed by atoms with Crippen molar-refractivity contribution in [2.75, 3.05) is 6.54 Å². The van der Waals surface area contributed by atoms with E-state index >= 15 is 0 Å². The summed E-state index contributed by atoms with van der Waals surface area (Å²) in [4.78, 5) is 0. The second kappa shape index (κ2) is 4.91. The second-order valence-electron chi connectivity index (χ2n) is 6.59. The van der Waals surface area contributed by atoms with Crippen LogP contribution in [0.15, 0.2) is 30.6 Å². The molecule has 0 radical (unpaired) electrons. The molecule has 1 heterocycles. The average Bonchev–Trinajstić information content (AvgIpc) is 3.43. The van der Waals surface area contributed by atoms with Gasteiger partial charge >= 0.3 is 0 Å². The number of benzene rings is 1. The number of hydrogen-bond donors (Lipinski definition) is 1. The van der Waals surface area contributed by atoms with E-state index in [1.54, 1.807) is 11.0 Å². The molecule has 1 atom stereocenters. The molecule has 1 aromatic carbocycles. The quantitative estimate of drug-likeness (QED) is 0.885. The van der Waals surface area contributed by atoms with Gasteiger partial charge in [0.25, 0.3) is 0 Å². The highest BCUT2D eigenvalue weighted by molar-refractivity contribution is 5.35. The van der Waals surface area contributed by atoms with Crippen molar-refractivity contribution in [1.82, 2.24) is 25.5 Å². The highest BCUT2D eigenvalue weighted by Gasteiger charge is 2.53. The Labute approximate surface area is 124 Å². The van der Waals surface area contributed by atoms with Crippen molar-refractivity contribution in [3.63, 3.8) is 0 Å². The Bertz CT molecular complexity index is 613. The van der Waals surface area contributed by atoms with Crippen molar-refractivity contribution in [1.29, 1.82) is 0 Å². The Hall–Kier alpha value is -1.75. The molecule has 110 valence electrons. The van der Waals surface area contributed by atoms with Crippen LogP contribution in [0.4, 0.5) is 0 Å². The minimum Gasteiger partial charge on any atom is -0.310 e. The number of rotatable bonds is 6. The smallest absolute Gasteiger partial charge is 0.143 e. The van der Waals surface area contributed by atoms with Gasteiger partial charge in [-0.15, -0.1) is 5.10 Å². The summed E-state index contributed by atoms with van der Waals surface area (Å²) < 4.78 is 1.70. The van der Waals surface area contributed by atoms with Crippen molar-refractivity contribution < 1.29 is 0 Å². The van der Waals surface area contributed by atoms with Gasteiger partial charge in [-0.05, 0) is 72.1 Å². The van der Waals surface area contributed by atoms with Crippen LogP contribution in [0, 0.1) is 11.3 Å².